The van der Waals surface area contributed by atoms with Crippen molar-refractivity contribution in [3.05, 3.63) is 64.3 Å². The standard InChI is InChI=1S/C12H11.C6H7.4CH3.2ClH.2H3Si.Zr/c1-3-9-7-11-5-2-6-12(11)8-10(9)4-1;1-6-4-2-3-5-6;;;;;;;;;/h1,3-4,7-8H,2,5-6H2;2-5H,1H3;4*1H3;2*1H;2*1H3;/p-2. The van der Waals surface area contributed by atoms with Crippen LogP contribution in [0.5, 0.6) is 0 Å². The van der Waals surface area contributed by atoms with Gasteiger partial charge in [0.2, 0.25) is 0 Å². The van der Waals surface area contributed by atoms with Crippen LogP contribution in [0.15, 0.2) is 42.0 Å². The average Bonchev–Trinajstić information content (AvgIpc) is 3.11. The third-order valence-corrected chi connectivity index (χ3v) is 46.6. The Kier molecular flexibility index (Phi) is 4.20. The number of halogens is 2. The van der Waals surface area contributed by atoms with Crippen LogP contribution in [-0.4, -0.2) is 14.7 Å². The molecule has 0 fully saturated rings. The quantitative estimate of drug-likeness (QED) is 0.423. The minimum absolute atomic E-state index is 0. The Labute approximate surface area is 173 Å². The molecule has 3 aliphatic rings. The van der Waals surface area contributed by atoms with Crippen molar-refractivity contribution in [2.45, 2.75) is 52.0 Å². The molecule has 2 atom stereocenters. The SMILES string of the molecule is CC1=C[CH]([Zr]([CH3])([CH3])([CH3])([CH3])([SiH3])([SiH3])[CH]2C=Cc3cc4c(cc32)CCC4)C=C1.[Cl-].[Cl-]. The fraction of sp³-hybridized carbons (Fsp3) is 0.455. The third-order valence-electron chi connectivity index (χ3n) is 8.35. The summed E-state index contributed by atoms with van der Waals surface area (Å²) in [7, 11) is 2.57. The number of rotatable bonds is 2. The van der Waals surface area contributed by atoms with Gasteiger partial charge >= 0.3 is 150 Å². The molecule has 0 heterocycles. The van der Waals surface area contributed by atoms with Crippen molar-refractivity contribution in [2.24, 2.45) is 0 Å². The summed E-state index contributed by atoms with van der Waals surface area (Å²) in [6.07, 6.45) is 16.6. The largest absolute Gasteiger partial charge is 1.00 e. The van der Waals surface area contributed by atoms with Gasteiger partial charge in [0.1, 0.15) is 0 Å². The maximum absolute atomic E-state index is 4.39. The molecular weight excluding hydrogens is 483 g/mol. The van der Waals surface area contributed by atoms with Gasteiger partial charge in [-0.05, 0) is 0 Å². The van der Waals surface area contributed by atoms with Gasteiger partial charge in [-0.3, -0.25) is 0 Å². The molecule has 0 nitrogen and oxygen atoms in total. The van der Waals surface area contributed by atoms with E-state index in [9.17, 15) is 0 Å². The van der Waals surface area contributed by atoms with Gasteiger partial charge in [-0.25, -0.2) is 0 Å². The number of hydrogen-bond acceptors (Lipinski definition) is 0. The number of hydrogen-bond donors (Lipinski definition) is 0. The summed E-state index contributed by atoms with van der Waals surface area (Å²) < 4.78 is 12.5. The topological polar surface area (TPSA) is 0 Å². The van der Waals surface area contributed by atoms with E-state index in [1.165, 1.54) is 45.1 Å². The van der Waals surface area contributed by atoms with Crippen LogP contribution in [0.3, 0.4) is 0 Å². The zero-order valence-electron chi connectivity index (χ0n) is 18.1. The molecule has 0 aliphatic heterocycles. The van der Waals surface area contributed by atoms with Crippen molar-refractivity contribution in [3.63, 3.8) is 0 Å². The molecule has 1 aromatic rings. The van der Waals surface area contributed by atoms with E-state index >= 15 is 0 Å². The molecule has 0 saturated carbocycles. The maximum Gasteiger partial charge on any atom is -1.00 e. The molecule has 0 saturated heterocycles. The molecule has 5 heteroatoms. The summed E-state index contributed by atoms with van der Waals surface area (Å²) in [6, 6.07) is 5.15. The third kappa shape index (κ3) is 3.34. The molecule has 152 valence electrons. The summed E-state index contributed by atoms with van der Waals surface area (Å²) in [5.41, 5.74) is 7.91. The van der Waals surface area contributed by atoms with Gasteiger partial charge in [-0.15, -0.1) is 0 Å². The van der Waals surface area contributed by atoms with Crippen LogP contribution in [0.1, 0.15) is 39.2 Å². The van der Waals surface area contributed by atoms with Crippen molar-refractivity contribution in [2.75, 3.05) is 0 Å². The zero-order valence-corrected chi connectivity index (χ0v) is 26.0. The predicted octanol–water partition coefficient (Wildman–Crippen LogP) is -1.39. The molecule has 2 unspecified atom stereocenters. The van der Waals surface area contributed by atoms with Crippen molar-refractivity contribution >= 4 is 20.8 Å². The van der Waals surface area contributed by atoms with Crippen LogP contribution in [0.2, 0.25) is 22.2 Å². The summed E-state index contributed by atoms with van der Waals surface area (Å²) >= 11 is -4.39. The Bertz CT molecular complexity index is 957. The van der Waals surface area contributed by atoms with Crippen LogP contribution in [0, 0.1) is 0 Å². The molecule has 27 heavy (non-hydrogen) atoms. The molecule has 0 radical (unpaired) electrons. The summed E-state index contributed by atoms with van der Waals surface area (Å²) in [5.74, 6) is 0. The van der Waals surface area contributed by atoms with Gasteiger partial charge in [-0.2, -0.15) is 0 Å². The van der Waals surface area contributed by atoms with Gasteiger partial charge < -0.3 is 24.8 Å². The second-order valence-corrected chi connectivity index (χ2v) is 159. The Morgan fingerprint density at radius 3 is 2.04 bits per heavy atom. The Balaban J connectivity index is 0.00000131. The number of benzene rings is 1. The van der Waals surface area contributed by atoms with Gasteiger partial charge in [0, 0.05) is 0 Å². The van der Waals surface area contributed by atoms with Crippen LogP contribution >= 0.6 is 0 Å². The van der Waals surface area contributed by atoms with Crippen LogP contribution < -0.4 is 24.8 Å². The van der Waals surface area contributed by atoms with Crippen molar-refractivity contribution in [1.82, 2.24) is 0 Å². The molecule has 0 amide bonds. The van der Waals surface area contributed by atoms with E-state index in [4.69, 9.17) is 0 Å². The first-order chi connectivity index (χ1) is 11.0. The molecular formula is C22H36Cl2Si2Zr-2. The molecule has 0 aromatic heterocycles. The van der Waals surface area contributed by atoms with Crippen molar-refractivity contribution < 1.29 is 37.5 Å². The maximum atomic E-state index is 2.81. The molecule has 3 aliphatic carbocycles. The summed E-state index contributed by atoms with van der Waals surface area (Å²) in [6.45, 7) is 2.28. The van der Waals surface area contributed by atoms with Gasteiger partial charge in [-0.1, -0.05) is 0 Å². The van der Waals surface area contributed by atoms with E-state index < -0.39 is 12.7 Å². The van der Waals surface area contributed by atoms with E-state index in [0.29, 0.717) is 7.25 Å². The fourth-order valence-corrected chi connectivity index (χ4v) is 33.0. The fourth-order valence-electron chi connectivity index (χ4n) is 6.07. The van der Waals surface area contributed by atoms with E-state index in [1.54, 1.807) is 16.7 Å². The van der Waals surface area contributed by atoms with E-state index in [2.05, 4.69) is 68.0 Å². The second kappa shape index (κ2) is 4.80. The monoisotopic (exact) mass is 516 g/mol. The Morgan fingerprint density at radius 2 is 1.48 bits per heavy atom. The predicted molar refractivity (Wildman–Crippen MR) is 120 cm³/mol. The van der Waals surface area contributed by atoms with Crippen LogP contribution in [-0.2, 0) is 25.5 Å². The van der Waals surface area contributed by atoms with Crippen molar-refractivity contribution in [1.29, 1.82) is 0 Å². The van der Waals surface area contributed by atoms with E-state index in [0.717, 1.165) is 0 Å². The second-order valence-electron chi connectivity index (χ2n) is 16.9. The van der Waals surface area contributed by atoms with Gasteiger partial charge in [0.25, 0.3) is 0 Å². The van der Waals surface area contributed by atoms with E-state index in [-0.39, 0.29) is 24.8 Å². The first-order valence-electron chi connectivity index (χ1n) is 10.3. The summed E-state index contributed by atoms with van der Waals surface area (Å²) in [4.78, 5) is 0. The minimum Gasteiger partial charge on any atom is -1.00 e. The first kappa shape index (κ1) is 23.6. The minimum atomic E-state index is -4.39. The van der Waals surface area contributed by atoms with E-state index in [1.807, 2.05) is 0 Å². The summed E-state index contributed by atoms with van der Waals surface area (Å²) in [5, 5.41) is 0. The van der Waals surface area contributed by atoms with Crippen molar-refractivity contribution in [3.8, 4) is 0 Å². The molecule has 0 spiro atoms. The smallest absolute Gasteiger partial charge is 1.00 e. The Hall–Kier alpha value is 0.337. The molecule has 4 rings (SSSR count). The molecule has 0 N–H and O–H groups in total. The van der Waals surface area contributed by atoms with Crippen LogP contribution in [0.4, 0.5) is 0 Å². The average molecular weight is 519 g/mol. The normalized spacial score (nSPS) is 28.7. The van der Waals surface area contributed by atoms with Crippen LogP contribution in [0.25, 0.3) is 6.08 Å². The number of aryl methyl sites for hydroxylation is 2. The van der Waals surface area contributed by atoms with Gasteiger partial charge in [0.05, 0.1) is 0 Å². The first-order valence-corrected chi connectivity index (χ1v) is 39.7. The molecule has 0 bridgehead atoms. The number of allylic oxidation sites excluding steroid dienone is 5. The number of fused-ring (bicyclic) bond motifs is 2. The molecule has 1 aromatic carbocycles. The van der Waals surface area contributed by atoms with Gasteiger partial charge in [0.15, 0.2) is 0 Å². The Morgan fingerprint density at radius 1 is 0.889 bits per heavy atom. The zero-order chi connectivity index (χ0) is 18.5.